The highest BCUT2D eigenvalue weighted by atomic mass is 79.9. The Kier molecular flexibility index (Phi) is 5.81. The molecule has 6 nitrogen and oxygen atoms in total. The van der Waals surface area contributed by atoms with E-state index in [2.05, 4.69) is 31.9 Å². The normalized spacial score (nSPS) is 16.4. The van der Waals surface area contributed by atoms with Gasteiger partial charge < -0.3 is 20.7 Å². The van der Waals surface area contributed by atoms with E-state index in [1.807, 2.05) is 31.2 Å². The molecule has 2 aromatic carbocycles. The summed E-state index contributed by atoms with van der Waals surface area (Å²) in [5, 5.41) is 8.38. The lowest BCUT2D eigenvalue weighted by Gasteiger charge is -2.28. The molecule has 2 aromatic rings. The number of urea groups is 1. The van der Waals surface area contributed by atoms with Crippen LogP contribution in [0.1, 0.15) is 25.5 Å². The second-order valence-corrected chi connectivity index (χ2v) is 6.95. The summed E-state index contributed by atoms with van der Waals surface area (Å²) in [6.45, 7) is 4.22. The van der Waals surface area contributed by atoms with Crippen molar-refractivity contribution < 1.29 is 14.3 Å². The molecule has 0 aromatic heterocycles. The predicted molar refractivity (Wildman–Crippen MR) is 107 cm³/mol. The number of carbonyl (C=O) groups excluding carboxylic acids is 2. The largest absolute Gasteiger partial charge is 0.494 e. The van der Waals surface area contributed by atoms with Crippen molar-refractivity contribution in [3.63, 3.8) is 0 Å². The molecule has 140 valence electrons. The molecule has 0 unspecified atom stereocenters. The summed E-state index contributed by atoms with van der Waals surface area (Å²) in [4.78, 5) is 24.9. The standard InChI is InChI=1S/C20H20BrN3O3/c1-3-27-16-10-8-15(9-11-16)23-19(25)17-12(2)22-20(26)24-18(17)13-4-6-14(21)7-5-13/h4-11,18H,3H2,1-2H3,(H,23,25)(H2,22,24,26)/t18-/m1/s1. The maximum absolute atomic E-state index is 12.9. The number of ether oxygens (including phenoxy) is 1. The van der Waals surface area contributed by atoms with Gasteiger partial charge in [0.2, 0.25) is 0 Å². The Hall–Kier alpha value is -2.80. The molecule has 0 radical (unpaired) electrons. The number of hydrogen-bond donors (Lipinski definition) is 3. The molecule has 3 N–H and O–H groups in total. The van der Waals surface area contributed by atoms with Crippen LogP contribution in [-0.4, -0.2) is 18.5 Å². The first-order valence-electron chi connectivity index (χ1n) is 8.56. The van der Waals surface area contributed by atoms with Gasteiger partial charge in [0.05, 0.1) is 18.2 Å². The molecular formula is C20H20BrN3O3. The molecule has 0 saturated carbocycles. The number of amides is 3. The topological polar surface area (TPSA) is 79.5 Å². The summed E-state index contributed by atoms with van der Waals surface area (Å²) in [5.74, 6) is 0.460. The third-order valence-corrected chi connectivity index (χ3v) is 4.67. The Morgan fingerprint density at radius 3 is 2.44 bits per heavy atom. The van der Waals surface area contributed by atoms with Crippen molar-refractivity contribution in [1.29, 1.82) is 0 Å². The fourth-order valence-corrected chi connectivity index (χ4v) is 3.16. The predicted octanol–water partition coefficient (Wildman–Crippen LogP) is 4.11. The lowest BCUT2D eigenvalue weighted by Crippen LogP contribution is -2.45. The van der Waals surface area contributed by atoms with Crippen LogP contribution < -0.4 is 20.7 Å². The highest BCUT2D eigenvalue weighted by Crippen LogP contribution is 2.29. The molecule has 3 amide bonds. The van der Waals surface area contributed by atoms with Crippen molar-refractivity contribution in [3.05, 3.63) is 69.8 Å². The van der Waals surface area contributed by atoms with E-state index in [0.29, 0.717) is 23.6 Å². The Balaban J connectivity index is 1.86. The van der Waals surface area contributed by atoms with E-state index < -0.39 is 6.04 Å². The molecule has 0 aliphatic carbocycles. The summed E-state index contributed by atoms with van der Waals surface area (Å²) >= 11 is 3.40. The van der Waals surface area contributed by atoms with Crippen LogP contribution in [-0.2, 0) is 4.79 Å². The summed E-state index contributed by atoms with van der Waals surface area (Å²) in [6.07, 6.45) is 0. The lowest BCUT2D eigenvalue weighted by molar-refractivity contribution is -0.113. The van der Waals surface area contributed by atoms with Crippen molar-refractivity contribution in [2.24, 2.45) is 0 Å². The molecular weight excluding hydrogens is 410 g/mol. The van der Waals surface area contributed by atoms with Crippen LogP contribution >= 0.6 is 15.9 Å². The molecule has 1 heterocycles. The second kappa shape index (κ2) is 8.26. The van der Waals surface area contributed by atoms with E-state index in [1.165, 1.54) is 0 Å². The van der Waals surface area contributed by atoms with Crippen LogP contribution in [0.25, 0.3) is 0 Å². The van der Waals surface area contributed by atoms with Crippen LogP contribution in [0.2, 0.25) is 0 Å². The van der Waals surface area contributed by atoms with Gasteiger partial charge >= 0.3 is 6.03 Å². The van der Waals surface area contributed by atoms with Crippen molar-refractivity contribution in [2.45, 2.75) is 19.9 Å². The Morgan fingerprint density at radius 1 is 1.15 bits per heavy atom. The monoisotopic (exact) mass is 429 g/mol. The van der Waals surface area contributed by atoms with Gasteiger partial charge in [-0.25, -0.2) is 4.79 Å². The fraction of sp³-hybridized carbons (Fsp3) is 0.200. The third kappa shape index (κ3) is 4.49. The average Bonchev–Trinajstić information content (AvgIpc) is 2.63. The van der Waals surface area contributed by atoms with E-state index in [9.17, 15) is 9.59 Å². The van der Waals surface area contributed by atoms with Crippen LogP contribution in [0.15, 0.2) is 64.3 Å². The number of carbonyl (C=O) groups is 2. The second-order valence-electron chi connectivity index (χ2n) is 6.03. The van der Waals surface area contributed by atoms with Gasteiger partial charge in [-0.3, -0.25) is 4.79 Å². The number of hydrogen-bond acceptors (Lipinski definition) is 3. The lowest BCUT2D eigenvalue weighted by atomic mass is 9.95. The maximum atomic E-state index is 12.9. The molecule has 1 atom stereocenters. The molecule has 27 heavy (non-hydrogen) atoms. The van der Waals surface area contributed by atoms with E-state index in [0.717, 1.165) is 15.8 Å². The number of halogens is 1. The van der Waals surface area contributed by atoms with Gasteiger partial charge in [0.1, 0.15) is 5.75 Å². The molecule has 0 saturated heterocycles. The highest BCUT2D eigenvalue weighted by Gasteiger charge is 2.31. The van der Waals surface area contributed by atoms with Gasteiger partial charge in [0, 0.05) is 15.9 Å². The zero-order valence-corrected chi connectivity index (χ0v) is 16.6. The van der Waals surface area contributed by atoms with Crippen molar-refractivity contribution in [3.8, 4) is 5.75 Å². The molecule has 1 aliphatic heterocycles. The van der Waals surface area contributed by atoms with Crippen molar-refractivity contribution in [1.82, 2.24) is 10.6 Å². The maximum Gasteiger partial charge on any atom is 0.319 e. The molecule has 3 rings (SSSR count). The minimum atomic E-state index is -0.533. The van der Waals surface area contributed by atoms with Crippen LogP contribution in [0.4, 0.5) is 10.5 Å². The third-order valence-electron chi connectivity index (χ3n) is 4.14. The SMILES string of the molecule is CCOc1ccc(NC(=O)C2=C(C)NC(=O)N[C@@H]2c2ccc(Br)cc2)cc1. The van der Waals surface area contributed by atoms with Gasteiger partial charge in [-0.05, 0) is 55.8 Å². The zero-order chi connectivity index (χ0) is 19.4. The van der Waals surface area contributed by atoms with E-state index in [-0.39, 0.29) is 11.9 Å². The Bertz CT molecular complexity index is 876. The van der Waals surface area contributed by atoms with E-state index in [4.69, 9.17) is 4.74 Å². The van der Waals surface area contributed by atoms with Gasteiger partial charge in [-0.2, -0.15) is 0 Å². The first kappa shape index (κ1) is 19.0. The Morgan fingerprint density at radius 2 is 1.81 bits per heavy atom. The number of nitrogens with one attached hydrogen (secondary N) is 3. The number of rotatable bonds is 5. The van der Waals surface area contributed by atoms with Gasteiger partial charge in [-0.15, -0.1) is 0 Å². The van der Waals surface area contributed by atoms with Crippen LogP contribution in [0.5, 0.6) is 5.75 Å². The van der Waals surface area contributed by atoms with Crippen LogP contribution in [0, 0.1) is 0 Å². The summed E-state index contributed by atoms with van der Waals surface area (Å²) in [7, 11) is 0. The smallest absolute Gasteiger partial charge is 0.319 e. The first-order valence-corrected chi connectivity index (χ1v) is 9.35. The van der Waals surface area contributed by atoms with E-state index >= 15 is 0 Å². The first-order chi connectivity index (χ1) is 13.0. The van der Waals surface area contributed by atoms with Gasteiger partial charge in [0.25, 0.3) is 5.91 Å². The Labute approximate surface area is 166 Å². The zero-order valence-electron chi connectivity index (χ0n) is 15.0. The summed E-state index contributed by atoms with van der Waals surface area (Å²) < 4.78 is 6.34. The molecule has 0 spiro atoms. The van der Waals surface area contributed by atoms with Gasteiger partial charge in [0.15, 0.2) is 0 Å². The van der Waals surface area contributed by atoms with Crippen molar-refractivity contribution in [2.75, 3.05) is 11.9 Å². The number of benzene rings is 2. The molecule has 0 bridgehead atoms. The minimum absolute atomic E-state index is 0.280. The van der Waals surface area contributed by atoms with Crippen LogP contribution in [0.3, 0.4) is 0 Å². The summed E-state index contributed by atoms with van der Waals surface area (Å²) in [6, 6.07) is 13.8. The quantitative estimate of drug-likeness (QED) is 0.668. The highest BCUT2D eigenvalue weighted by molar-refractivity contribution is 9.10. The number of allylic oxidation sites excluding steroid dienone is 1. The van der Waals surface area contributed by atoms with Crippen molar-refractivity contribution >= 4 is 33.6 Å². The average molecular weight is 430 g/mol. The number of anilines is 1. The molecule has 1 aliphatic rings. The molecule has 0 fully saturated rings. The van der Waals surface area contributed by atoms with E-state index in [1.54, 1.807) is 31.2 Å². The molecule has 7 heteroatoms. The van der Waals surface area contributed by atoms with Gasteiger partial charge in [-0.1, -0.05) is 28.1 Å². The summed E-state index contributed by atoms with van der Waals surface area (Å²) in [5.41, 5.74) is 2.46. The fourth-order valence-electron chi connectivity index (χ4n) is 2.90. The minimum Gasteiger partial charge on any atom is -0.494 e.